The zero-order valence-electron chi connectivity index (χ0n) is 20.4. The number of Topliss-reactive ketones (excluding diaryl/α,β-unsaturated/α-hetero) is 1. The Balaban J connectivity index is 1.79. The van der Waals surface area contributed by atoms with Crippen LogP contribution in [0.15, 0.2) is 77.1 Å². The van der Waals surface area contributed by atoms with E-state index in [9.17, 15) is 9.59 Å². The highest BCUT2D eigenvalue weighted by atomic mass is 16.5. The lowest BCUT2D eigenvalue weighted by atomic mass is 9.68. The summed E-state index contributed by atoms with van der Waals surface area (Å²) < 4.78 is 11.8. The number of benzene rings is 2. The highest BCUT2D eigenvalue weighted by Crippen LogP contribution is 2.48. The molecule has 0 saturated heterocycles. The third-order valence-corrected chi connectivity index (χ3v) is 6.36. The molecule has 5 nitrogen and oxygen atoms in total. The Bertz CT molecular complexity index is 1140. The lowest BCUT2D eigenvalue weighted by Gasteiger charge is -2.39. The van der Waals surface area contributed by atoms with Crippen LogP contribution in [-0.4, -0.2) is 18.4 Å². The number of hydrogen-bond donors (Lipinski definition) is 1. The van der Waals surface area contributed by atoms with Crippen molar-refractivity contribution in [2.75, 3.05) is 6.61 Å². The minimum atomic E-state index is -0.531. The van der Waals surface area contributed by atoms with Gasteiger partial charge >= 0.3 is 5.97 Å². The fourth-order valence-corrected chi connectivity index (χ4v) is 4.88. The normalized spacial score (nSPS) is 19.4. The maximum Gasteiger partial charge on any atom is 0.336 e. The van der Waals surface area contributed by atoms with Crippen molar-refractivity contribution in [2.45, 2.75) is 59.5 Å². The molecular formula is C29H33NO4. The molecule has 34 heavy (non-hydrogen) atoms. The Hall–Kier alpha value is -3.34. The highest BCUT2D eigenvalue weighted by Gasteiger charge is 2.44. The Labute approximate surface area is 201 Å². The largest absolute Gasteiger partial charge is 0.489 e. The molecule has 5 heteroatoms. The molecule has 2 aromatic carbocycles. The summed E-state index contributed by atoms with van der Waals surface area (Å²) in [6, 6.07) is 17.6. The number of ketones is 1. The molecule has 178 valence electrons. The van der Waals surface area contributed by atoms with E-state index < -0.39 is 5.92 Å². The zero-order valence-corrected chi connectivity index (χ0v) is 20.4. The number of ether oxygens (including phenoxy) is 2. The standard InChI is InChI=1S/C29H33NO4/c1-5-15-33-28(32)25-19(2)30-22-16-29(3,4)17-23(31)27(22)26(25)21-13-9-10-14-24(21)34-18-20-11-7-6-8-12-20/h6-14,26,30H,5,15-18H2,1-4H3/t26-/m1/s1. The maximum atomic E-state index is 13.5. The smallest absolute Gasteiger partial charge is 0.336 e. The van der Waals surface area contributed by atoms with E-state index in [1.54, 1.807) is 0 Å². The summed E-state index contributed by atoms with van der Waals surface area (Å²) >= 11 is 0. The highest BCUT2D eigenvalue weighted by molar-refractivity contribution is 6.04. The van der Waals surface area contributed by atoms with Crippen LogP contribution < -0.4 is 10.1 Å². The molecule has 0 fully saturated rings. The number of carbonyl (C=O) groups excluding carboxylic acids is 2. The van der Waals surface area contributed by atoms with Gasteiger partial charge < -0.3 is 14.8 Å². The molecule has 0 unspecified atom stereocenters. The van der Waals surface area contributed by atoms with Gasteiger partial charge in [-0.3, -0.25) is 4.79 Å². The van der Waals surface area contributed by atoms with Crippen LogP contribution in [0.3, 0.4) is 0 Å². The van der Waals surface area contributed by atoms with Gasteiger partial charge in [-0.05, 0) is 36.8 Å². The van der Waals surface area contributed by atoms with Crippen molar-refractivity contribution in [2.24, 2.45) is 5.41 Å². The van der Waals surface area contributed by atoms with Gasteiger partial charge in [-0.25, -0.2) is 4.79 Å². The van der Waals surface area contributed by atoms with Gasteiger partial charge in [0.1, 0.15) is 12.4 Å². The zero-order chi connectivity index (χ0) is 24.3. The lowest BCUT2D eigenvalue weighted by molar-refractivity contribution is -0.139. The van der Waals surface area contributed by atoms with E-state index in [1.807, 2.05) is 68.4 Å². The molecule has 4 rings (SSSR count). The van der Waals surface area contributed by atoms with Gasteiger partial charge in [-0.2, -0.15) is 0 Å². The summed E-state index contributed by atoms with van der Waals surface area (Å²) in [4.78, 5) is 26.7. The van der Waals surface area contributed by atoms with Gasteiger partial charge in [-0.15, -0.1) is 0 Å². The summed E-state index contributed by atoms with van der Waals surface area (Å²) in [6.07, 6.45) is 1.91. The van der Waals surface area contributed by atoms with Crippen molar-refractivity contribution >= 4 is 11.8 Å². The quantitative estimate of drug-likeness (QED) is 0.528. The third kappa shape index (κ3) is 4.93. The summed E-state index contributed by atoms with van der Waals surface area (Å²) in [5, 5.41) is 3.39. The number of para-hydroxylation sites is 1. The number of hydrogen-bond acceptors (Lipinski definition) is 5. The SMILES string of the molecule is CCCOC(=O)C1=C(C)NC2=C(C(=O)CC(C)(C)C2)[C@@H]1c1ccccc1OCc1ccccc1. The van der Waals surface area contributed by atoms with Crippen molar-refractivity contribution in [3.63, 3.8) is 0 Å². The van der Waals surface area contributed by atoms with Crippen LogP contribution in [0.2, 0.25) is 0 Å². The molecule has 1 atom stereocenters. The van der Waals surface area contributed by atoms with Crippen molar-refractivity contribution in [3.05, 3.63) is 88.3 Å². The van der Waals surface area contributed by atoms with Crippen LogP contribution in [0.25, 0.3) is 0 Å². The Morgan fingerprint density at radius 2 is 1.76 bits per heavy atom. The van der Waals surface area contributed by atoms with Crippen molar-refractivity contribution in [1.82, 2.24) is 5.32 Å². The first-order valence-electron chi connectivity index (χ1n) is 12.0. The molecule has 0 saturated carbocycles. The fourth-order valence-electron chi connectivity index (χ4n) is 4.88. The Morgan fingerprint density at radius 1 is 1.06 bits per heavy atom. The third-order valence-electron chi connectivity index (χ3n) is 6.36. The van der Waals surface area contributed by atoms with Gasteiger partial charge in [0.15, 0.2) is 5.78 Å². The molecule has 1 aliphatic carbocycles. The minimum Gasteiger partial charge on any atom is -0.489 e. The number of allylic oxidation sites excluding steroid dienone is 3. The first-order valence-corrected chi connectivity index (χ1v) is 12.0. The van der Waals surface area contributed by atoms with Crippen LogP contribution in [0.4, 0.5) is 0 Å². The second kappa shape index (κ2) is 9.88. The Kier molecular flexibility index (Phi) is 6.92. The van der Waals surface area contributed by atoms with E-state index in [0.717, 1.165) is 35.4 Å². The van der Waals surface area contributed by atoms with E-state index in [-0.39, 0.29) is 17.2 Å². The van der Waals surface area contributed by atoms with E-state index in [0.29, 0.717) is 36.5 Å². The van der Waals surface area contributed by atoms with Crippen LogP contribution in [-0.2, 0) is 20.9 Å². The van der Waals surface area contributed by atoms with E-state index in [1.165, 1.54) is 0 Å². The number of esters is 1. The average Bonchev–Trinajstić information content (AvgIpc) is 2.80. The summed E-state index contributed by atoms with van der Waals surface area (Å²) in [6.45, 7) is 8.79. The summed E-state index contributed by atoms with van der Waals surface area (Å²) in [5.41, 5.74) is 4.48. The first kappa shape index (κ1) is 23.8. The molecule has 0 spiro atoms. The predicted octanol–water partition coefficient (Wildman–Crippen LogP) is 5.82. The number of rotatable bonds is 7. The molecule has 1 heterocycles. The fraction of sp³-hybridized carbons (Fsp3) is 0.379. The van der Waals surface area contributed by atoms with E-state index in [2.05, 4.69) is 19.2 Å². The summed E-state index contributed by atoms with van der Waals surface area (Å²) in [7, 11) is 0. The van der Waals surface area contributed by atoms with Gasteiger partial charge in [0.25, 0.3) is 0 Å². The molecule has 2 aliphatic rings. The molecule has 0 bridgehead atoms. The number of carbonyl (C=O) groups is 2. The second-order valence-electron chi connectivity index (χ2n) is 9.88. The van der Waals surface area contributed by atoms with Crippen molar-refractivity contribution < 1.29 is 19.1 Å². The van der Waals surface area contributed by atoms with Crippen molar-refractivity contribution in [1.29, 1.82) is 0 Å². The van der Waals surface area contributed by atoms with Crippen LogP contribution in [0.1, 0.15) is 64.0 Å². The van der Waals surface area contributed by atoms with Crippen LogP contribution in [0.5, 0.6) is 5.75 Å². The van der Waals surface area contributed by atoms with Gasteiger partial charge in [0.05, 0.1) is 18.1 Å². The Morgan fingerprint density at radius 3 is 2.50 bits per heavy atom. The van der Waals surface area contributed by atoms with Gasteiger partial charge in [0.2, 0.25) is 0 Å². The topological polar surface area (TPSA) is 64.6 Å². The molecule has 0 amide bonds. The van der Waals surface area contributed by atoms with E-state index >= 15 is 0 Å². The van der Waals surface area contributed by atoms with Gasteiger partial charge in [-0.1, -0.05) is 69.3 Å². The molecule has 1 N–H and O–H groups in total. The lowest BCUT2D eigenvalue weighted by Crippen LogP contribution is -2.38. The average molecular weight is 460 g/mol. The molecule has 2 aromatic rings. The summed E-state index contributed by atoms with van der Waals surface area (Å²) in [5.74, 6) is -0.193. The predicted molar refractivity (Wildman–Crippen MR) is 132 cm³/mol. The van der Waals surface area contributed by atoms with Gasteiger partial charge in [0, 0.05) is 29.0 Å². The number of nitrogens with one attached hydrogen (secondary N) is 1. The van der Waals surface area contributed by atoms with Crippen molar-refractivity contribution in [3.8, 4) is 5.75 Å². The molecular weight excluding hydrogens is 426 g/mol. The second-order valence-corrected chi connectivity index (χ2v) is 9.88. The molecule has 0 radical (unpaired) electrons. The van der Waals surface area contributed by atoms with Crippen LogP contribution >= 0.6 is 0 Å². The minimum absolute atomic E-state index is 0.0647. The molecule has 0 aromatic heterocycles. The van der Waals surface area contributed by atoms with Crippen LogP contribution in [0, 0.1) is 5.41 Å². The number of dihydropyridines is 1. The molecule has 1 aliphatic heterocycles. The first-order chi connectivity index (χ1) is 16.3. The van der Waals surface area contributed by atoms with E-state index in [4.69, 9.17) is 9.47 Å². The monoisotopic (exact) mass is 459 g/mol. The maximum absolute atomic E-state index is 13.5.